The van der Waals surface area contributed by atoms with E-state index in [9.17, 15) is 29.8 Å². The number of esters is 1. The van der Waals surface area contributed by atoms with Crippen molar-refractivity contribution in [3.05, 3.63) is 67.8 Å². The fourth-order valence-electron chi connectivity index (χ4n) is 4.49. The van der Waals surface area contributed by atoms with Gasteiger partial charge in [-0.25, -0.2) is 4.79 Å². The molecule has 2 aliphatic rings. The van der Waals surface area contributed by atoms with Crippen LogP contribution in [0.25, 0.3) is 0 Å². The normalized spacial score (nSPS) is 15.9. The van der Waals surface area contributed by atoms with Crippen LogP contribution in [0.3, 0.4) is 0 Å². The summed E-state index contributed by atoms with van der Waals surface area (Å²) in [7, 11) is 0. The number of benzene rings is 2. The highest BCUT2D eigenvalue weighted by atomic mass is 16.6. The first-order valence-electron chi connectivity index (χ1n) is 11.9. The molecule has 0 bridgehead atoms. The highest BCUT2D eigenvalue weighted by Crippen LogP contribution is 2.32. The van der Waals surface area contributed by atoms with Crippen LogP contribution in [-0.2, 0) is 9.47 Å². The SMILES string of the molecule is CCOC(=O)c1ccc(N2CCN(C(=O)c3ccc(N4CCOCC4)c([N+](=O)[O-])c3)CC2)c([N+](=O)[O-])c1. The number of anilines is 2. The minimum Gasteiger partial charge on any atom is -0.462 e. The number of piperazine rings is 1. The summed E-state index contributed by atoms with van der Waals surface area (Å²) >= 11 is 0. The van der Waals surface area contributed by atoms with Gasteiger partial charge in [0.05, 0.1) is 35.2 Å². The first kappa shape index (κ1) is 25.8. The van der Waals surface area contributed by atoms with E-state index in [4.69, 9.17) is 9.47 Å². The summed E-state index contributed by atoms with van der Waals surface area (Å²) in [6, 6.07) is 8.67. The van der Waals surface area contributed by atoms with Crippen molar-refractivity contribution in [3.8, 4) is 0 Å². The summed E-state index contributed by atoms with van der Waals surface area (Å²) in [5.41, 5.74) is 0.738. The molecule has 2 heterocycles. The lowest BCUT2D eigenvalue weighted by atomic mass is 10.1. The Balaban J connectivity index is 1.47. The van der Waals surface area contributed by atoms with Crippen LogP contribution in [0.5, 0.6) is 0 Å². The molecule has 0 saturated carbocycles. The van der Waals surface area contributed by atoms with Gasteiger partial charge in [0.1, 0.15) is 11.4 Å². The summed E-state index contributed by atoms with van der Waals surface area (Å²) in [6.45, 7) is 5.01. The summed E-state index contributed by atoms with van der Waals surface area (Å²) in [6.07, 6.45) is 0. The van der Waals surface area contributed by atoms with E-state index >= 15 is 0 Å². The second-order valence-electron chi connectivity index (χ2n) is 8.52. The maximum absolute atomic E-state index is 13.2. The third-order valence-corrected chi connectivity index (χ3v) is 6.36. The van der Waals surface area contributed by atoms with Crippen molar-refractivity contribution in [1.29, 1.82) is 0 Å². The van der Waals surface area contributed by atoms with E-state index in [2.05, 4.69) is 0 Å². The number of hydrogen-bond acceptors (Lipinski definition) is 10. The molecule has 0 radical (unpaired) electrons. The van der Waals surface area contributed by atoms with Crippen LogP contribution >= 0.6 is 0 Å². The van der Waals surface area contributed by atoms with Gasteiger partial charge in [-0.3, -0.25) is 25.0 Å². The van der Waals surface area contributed by atoms with Crippen molar-refractivity contribution >= 4 is 34.6 Å². The average molecular weight is 514 g/mol. The maximum Gasteiger partial charge on any atom is 0.338 e. The van der Waals surface area contributed by atoms with Crippen LogP contribution in [0.4, 0.5) is 22.7 Å². The minimum atomic E-state index is -0.638. The Kier molecular flexibility index (Phi) is 7.82. The van der Waals surface area contributed by atoms with Crippen LogP contribution < -0.4 is 9.80 Å². The summed E-state index contributed by atoms with van der Waals surface area (Å²) < 4.78 is 10.2. The van der Waals surface area contributed by atoms with Crippen molar-refractivity contribution in [2.75, 3.05) is 68.9 Å². The number of nitro benzene ring substituents is 2. The standard InChI is InChI=1S/C24H27N5O8/c1-2-37-24(31)18-4-6-19(22(16-18)29(34)35)25-7-9-27(10-8-25)23(30)17-3-5-20(21(15-17)28(32)33)26-11-13-36-14-12-26/h3-6,15-16H,2,7-14H2,1H3. The second-order valence-corrected chi connectivity index (χ2v) is 8.52. The molecule has 2 aromatic rings. The Morgan fingerprint density at radius 2 is 1.35 bits per heavy atom. The smallest absolute Gasteiger partial charge is 0.338 e. The lowest BCUT2D eigenvalue weighted by Gasteiger charge is -2.36. The lowest BCUT2D eigenvalue weighted by Crippen LogP contribution is -2.49. The summed E-state index contributed by atoms with van der Waals surface area (Å²) in [5.74, 6) is -0.982. The molecule has 2 fully saturated rings. The predicted molar refractivity (Wildman–Crippen MR) is 133 cm³/mol. The van der Waals surface area contributed by atoms with Crippen molar-refractivity contribution in [1.82, 2.24) is 4.90 Å². The number of carbonyl (C=O) groups excluding carboxylic acids is 2. The third-order valence-electron chi connectivity index (χ3n) is 6.36. The van der Waals surface area contributed by atoms with E-state index in [0.29, 0.717) is 50.8 Å². The molecule has 196 valence electrons. The number of rotatable bonds is 7. The van der Waals surface area contributed by atoms with Crippen LogP contribution in [-0.4, -0.2) is 85.7 Å². The number of amides is 1. The van der Waals surface area contributed by atoms with Crippen LogP contribution in [0.2, 0.25) is 0 Å². The number of carbonyl (C=O) groups is 2. The van der Waals surface area contributed by atoms with Crippen LogP contribution in [0.1, 0.15) is 27.6 Å². The molecule has 37 heavy (non-hydrogen) atoms. The molecule has 2 aliphatic heterocycles. The number of morpholine rings is 1. The van der Waals surface area contributed by atoms with Gasteiger partial charge in [-0.15, -0.1) is 0 Å². The van der Waals surface area contributed by atoms with E-state index in [1.165, 1.54) is 24.3 Å². The van der Waals surface area contributed by atoms with Gasteiger partial charge in [-0.2, -0.15) is 0 Å². The van der Waals surface area contributed by atoms with Gasteiger partial charge in [0, 0.05) is 57.0 Å². The molecule has 0 unspecified atom stereocenters. The molecule has 0 N–H and O–H groups in total. The Morgan fingerprint density at radius 3 is 1.89 bits per heavy atom. The van der Waals surface area contributed by atoms with Gasteiger partial charge in [0.2, 0.25) is 0 Å². The molecule has 2 saturated heterocycles. The zero-order chi connectivity index (χ0) is 26.5. The van der Waals surface area contributed by atoms with Gasteiger partial charge in [-0.05, 0) is 31.2 Å². The quantitative estimate of drug-likeness (QED) is 0.307. The lowest BCUT2D eigenvalue weighted by molar-refractivity contribution is -0.384. The largest absolute Gasteiger partial charge is 0.462 e. The van der Waals surface area contributed by atoms with E-state index in [-0.39, 0.29) is 48.1 Å². The van der Waals surface area contributed by atoms with Crippen LogP contribution in [0.15, 0.2) is 36.4 Å². The third kappa shape index (κ3) is 5.61. The molecule has 0 spiro atoms. The molecule has 13 heteroatoms. The van der Waals surface area contributed by atoms with Crippen LogP contribution in [0, 0.1) is 20.2 Å². The zero-order valence-electron chi connectivity index (χ0n) is 20.3. The van der Waals surface area contributed by atoms with Gasteiger partial charge < -0.3 is 24.2 Å². The first-order valence-corrected chi connectivity index (χ1v) is 11.9. The van der Waals surface area contributed by atoms with E-state index in [1.807, 2.05) is 4.90 Å². The molecule has 13 nitrogen and oxygen atoms in total. The molecule has 2 aromatic carbocycles. The number of nitro groups is 2. The van der Waals surface area contributed by atoms with E-state index in [0.717, 1.165) is 0 Å². The summed E-state index contributed by atoms with van der Waals surface area (Å²) in [4.78, 5) is 52.7. The molecule has 1 amide bonds. The van der Waals surface area contributed by atoms with Crippen molar-refractivity contribution in [2.45, 2.75) is 6.92 Å². The van der Waals surface area contributed by atoms with Gasteiger partial charge in [-0.1, -0.05) is 0 Å². The van der Waals surface area contributed by atoms with Crippen molar-refractivity contribution < 1.29 is 28.9 Å². The molecule has 0 aliphatic carbocycles. The maximum atomic E-state index is 13.2. The highest BCUT2D eigenvalue weighted by Gasteiger charge is 2.29. The summed E-state index contributed by atoms with van der Waals surface area (Å²) in [5, 5.41) is 23.4. The molecule has 0 atom stereocenters. The van der Waals surface area contributed by atoms with E-state index < -0.39 is 15.8 Å². The Hall–Kier alpha value is -4.26. The Morgan fingerprint density at radius 1 is 0.838 bits per heavy atom. The highest BCUT2D eigenvalue weighted by molar-refractivity contribution is 5.96. The number of hydrogen-bond donors (Lipinski definition) is 0. The monoisotopic (exact) mass is 513 g/mol. The number of nitrogens with zero attached hydrogens (tertiary/aromatic N) is 5. The minimum absolute atomic E-state index is 0.0910. The average Bonchev–Trinajstić information content (AvgIpc) is 2.92. The van der Waals surface area contributed by atoms with Gasteiger partial charge in [0.15, 0.2) is 0 Å². The van der Waals surface area contributed by atoms with Gasteiger partial charge in [0.25, 0.3) is 17.3 Å². The van der Waals surface area contributed by atoms with Gasteiger partial charge >= 0.3 is 5.97 Å². The fraction of sp³-hybridized carbons (Fsp3) is 0.417. The first-order chi connectivity index (χ1) is 17.8. The van der Waals surface area contributed by atoms with Crippen molar-refractivity contribution in [2.24, 2.45) is 0 Å². The number of ether oxygens (including phenoxy) is 2. The molecule has 4 rings (SSSR count). The fourth-order valence-corrected chi connectivity index (χ4v) is 4.49. The second kappa shape index (κ2) is 11.2. The Bertz CT molecular complexity index is 1210. The molecular formula is C24H27N5O8. The van der Waals surface area contributed by atoms with Crippen molar-refractivity contribution in [3.63, 3.8) is 0 Å². The van der Waals surface area contributed by atoms with E-state index in [1.54, 1.807) is 28.9 Å². The molecule has 0 aromatic heterocycles. The molecular weight excluding hydrogens is 486 g/mol. The predicted octanol–water partition coefficient (Wildman–Crippen LogP) is 2.48. The Labute approximate surface area is 212 Å². The zero-order valence-corrected chi connectivity index (χ0v) is 20.3. The topological polar surface area (TPSA) is 149 Å².